The van der Waals surface area contributed by atoms with Crippen molar-refractivity contribution in [1.82, 2.24) is 10.2 Å². The van der Waals surface area contributed by atoms with Crippen LogP contribution in [0.5, 0.6) is 0 Å². The van der Waals surface area contributed by atoms with Gasteiger partial charge in [-0.1, -0.05) is 12.1 Å². The topological polar surface area (TPSA) is 50.8 Å². The number of methoxy groups -OCH3 is 1. The Morgan fingerprint density at radius 2 is 2.17 bits per heavy atom. The summed E-state index contributed by atoms with van der Waals surface area (Å²) in [5.74, 6) is -0.443. The van der Waals surface area contributed by atoms with Crippen molar-refractivity contribution in [2.24, 2.45) is 0 Å². The third-order valence-corrected chi connectivity index (χ3v) is 3.97. The van der Waals surface area contributed by atoms with Crippen molar-refractivity contribution in [3.8, 4) is 0 Å². The number of hydrogen-bond acceptors (Lipinski definition) is 4. The quantitative estimate of drug-likeness (QED) is 0.830. The molecule has 1 heterocycles. The Kier molecular flexibility index (Phi) is 6.95. The maximum atomic E-state index is 13.6. The van der Waals surface area contributed by atoms with Gasteiger partial charge in [0.15, 0.2) is 0 Å². The number of ether oxygens (including phenoxy) is 2. The van der Waals surface area contributed by atoms with Crippen molar-refractivity contribution in [1.29, 1.82) is 0 Å². The molecule has 0 spiro atoms. The molecule has 1 aromatic carbocycles. The number of morpholine rings is 1. The largest absolute Gasteiger partial charge is 0.385 e. The lowest BCUT2D eigenvalue weighted by Gasteiger charge is -2.34. The molecule has 1 fully saturated rings. The highest BCUT2D eigenvalue weighted by atomic mass is 19.1. The van der Waals surface area contributed by atoms with Crippen LogP contribution in [0.25, 0.3) is 0 Å². The van der Waals surface area contributed by atoms with E-state index in [-0.39, 0.29) is 17.8 Å². The van der Waals surface area contributed by atoms with Gasteiger partial charge in [0.1, 0.15) is 11.9 Å². The van der Waals surface area contributed by atoms with Gasteiger partial charge in [0, 0.05) is 32.8 Å². The van der Waals surface area contributed by atoms with Gasteiger partial charge in [-0.15, -0.1) is 0 Å². The Labute approximate surface area is 136 Å². The molecule has 1 saturated heterocycles. The maximum Gasteiger partial charge on any atom is 0.242 e. The molecule has 0 unspecified atom stereocenters. The molecule has 128 valence electrons. The van der Waals surface area contributed by atoms with Crippen molar-refractivity contribution < 1.29 is 18.7 Å². The van der Waals surface area contributed by atoms with Crippen LogP contribution in [0.1, 0.15) is 24.9 Å². The third kappa shape index (κ3) is 5.27. The highest BCUT2D eigenvalue weighted by Gasteiger charge is 2.29. The molecule has 1 aliphatic heterocycles. The molecule has 0 bridgehead atoms. The summed E-state index contributed by atoms with van der Waals surface area (Å²) < 4.78 is 24.0. The normalized spacial score (nSPS) is 18.4. The minimum atomic E-state index is -0.500. The van der Waals surface area contributed by atoms with Crippen LogP contribution in [0.4, 0.5) is 4.39 Å². The Bertz CT molecular complexity index is 506. The zero-order valence-electron chi connectivity index (χ0n) is 13.8. The number of carbonyl (C=O) groups excluding carboxylic acids is 1. The molecule has 0 radical (unpaired) electrons. The second kappa shape index (κ2) is 8.96. The summed E-state index contributed by atoms with van der Waals surface area (Å²) in [6.07, 6.45) is 0.737. The van der Waals surface area contributed by atoms with E-state index in [1.807, 2.05) is 11.8 Å². The average molecular weight is 324 g/mol. The highest BCUT2D eigenvalue weighted by Crippen LogP contribution is 2.23. The van der Waals surface area contributed by atoms with Gasteiger partial charge in [-0.25, -0.2) is 4.39 Å². The second-order valence-electron chi connectivity index (χ2n) is 5.80. The Hall–Kier alpha value is -1.50. The number of benzene rings is 1. The zero-order valence-corrected chi connectivity index (χ0v) is 13.8. The molecule has 1 amide bonds. The van der Waals surface area contributed by atoms with E-state index in [2.05, 4.69) is 5.32 Å². The fourth-order valence-electron chi connectivity index (χ4n) is 2.73. The van der Waals surface area contributed by atoms with Gasteiger partial charge in [0.25, 0.3) is 0 Å². The van der Waals surface area contributed by atoms with E-state index in [1.54, 1.807) is 19.2 Å². The number of amides is 1. The third-order valence-electron chi connectivity index (χ3n) is 3.97. The van der Waals surface area contributed by atoms with Gasteiger partial charge in [-0.2, -0.15) is 0 Å². The SMILES string of the molecule is COCC[C@@H](C)NC(=O)[C@H](c1cccc(F)c1)N1CCOCC1. The number of nitrogens with one attached hydrogen (secondary N) is 1. The summed E-state index contributed by atoms with van der Waals surface area (Å²) in [4.78, 5) is 14.8. The molecule has 0 aliphatic carbocycles. The van der Waals surface area contributed by atoms with Crippen LogP contribution in [-0.2, 0) is 14.3 Å². The Balaban J connectivity index is 2.13. The number of carbonyl (C=O) groups is 1. The summed E-state index contributed by atoms with van der Waals surface area (Å²) >= 11 is 0. The first-order chi connectivity index (χ1) is 11.1. The molecule has 1 aliphatic rings. The molecule has 23 heavy (non-hydrogen) atoms. The predicted molar refractivity (Wildman–Crippen MR) is 85.6 cm³/mol. The maximum absolute atomic E-state index is 13.6. The lowest BCUT2D eigenvalue weighted by atomic mass is 10.0. The number of hydrogen-bond donors (Lipinski definition) is 1. The highest BCUT2D eigenvalue weighted by molar-refractivity contribution is 5.83. The first-order valence-corrected chi connectivity index (χ1v) is 7.98. The van der Waals surface area contributed by atoms with E-state index < -0.39 is 6.04 Å². The number of halogens is 1. The van der Waals surface area contributed by atoms with Gasteiger partial charge in [0.2, 0.25) is 5.91 Å². The van der Waals surface area contributed by atoms with Crippen molar-refractivity contribution in [3.05, 3.63) is 35.6 Å². The van der Waals surface area contributed by atoms with Crippen LogP contribution in [0.15, 0.2) is 24.3 Å². The van der Waals surface area contributed by atoms with Gasteiger partial charge >= 0.3 is 0 Å². The fourth-order valence-corrected chi connectivity index (χ4v) is 2.73. The van der Waals surface area contributed by atoms with Crippen LogP contribution in [0, 0.1) is 5.82 Å². The molecule has 1 aromatic rings. The first kappa shape index (κ1) is 17.8. The van der Waals surface area contributed by atoms with Crippen LogP contribution in [-0.4, -0.2) is 56.9 Å². The summed E-state index contributed by atoms with van der Waals surface area (Å²) in [7, 11) is 1.64. The van der Waals surface area contributed by atoms with Gasteiger partial charge < -0.3 is 14.8 Å². The monoisotopic (exact) mass is 324 g/mol. The van der Waals surface area contributed by atoms with Crippen molar-refractivity contribution in [2.75, 3.05) is 40.0 Å². The molecule has 2 atom stereocenters. The Morgan fingerprint density at radius 1 is 1.43 bits per heavy atom. The van der Waals surface area contributed by atoms with Crippen molar-refractivity contribution in [3.63, 3.8) is 0 Å². The van der Waals surface area contributed by atoms with Gasteiger partial charge in [-0.05, 0) is 31.0 Å². The fraction of sp³-hybridized carbons (Fsp3) is 0.588. The molecule has 6 heteroatoms. The van der Waals surface area contributed by atoms with E-state index in [0.717, 1.165) is 6.42 Å². The predicted octanol–water partition coefficient (Wildman–Crippen LogP) is 1.74. The van der Waals surface area contributed by atoms with E-state index in [9.17, 15) is 9.18 Å². The lowest BCUT2D eigenvalue weighted by Crippen LogP contribution is -2.47. The zero-order chi connectivity index (χ0) is 16.7. The van der Waals surface area contributed by atoms with Crippen LogP contribution < -0.4 is 5.32 Å². The van der Waals surface area contributed by atoms with Crippen LogP contribution in [0.2, 0.25) is 0 Å². The lowest BCUT2D eigenvalue weighted by molar-refractivity contribution is -0.129. The molecular weight excluding hydrogens is 299 g/mol. The molecule has 1 N–H and O–H groups in total. The smallest absolute Gasteiger partial charge is 0.242 e. The number of nitrogens with zero attached hydrogens (tertiary/aromatic N) is 1. The molecule has 0 saturated carbocycles. The van der Waals surface area contributed by atoms with E-state index in [1.165, 1.54) is 12.1 Å². The summed E-state index contributed by atoms with van der Waals surface area (Å²) in [5, 5.41) is 3.01. The standard InChI is InChI=1S/C17H25FN2O3/c1-13(6-9-22-2)19-17(21)16(20-7-10-23-11-8-20)14-4-3-5-15(18)12-14/h3-5,12-13,16H,6-11H2,1-2H3,(H,19,21)/t13-,16+/m1/s1. The van der Waals surface area contributed by atoms with Crippen molar-refractivity contribution >= 4 is 5.91 Å². The molecule has 2 rings (SSSR count). The average Bonchev–Trinajstić information content (AvgIpc) is 2.54. The van der Waals surface area contributed by atoms with Gasteiger partial charge in [0.05, 0.1) is 13.2 Å². The van der Waals surface area contributed by atoms with E-state index in [0.29, 0.717) is 38.5 Å². The van der Waals surface area contributed by atoms with Crippen LogP contribution in [0.3, 0.4) is 0 Å². The second-order valence-corrected chi connectivity index (χ2v) is 5.80. The minimum Gasteiger partial charge on any atom is -0.385 e. The first-order valence-electron chi connectivity index (χ1n) is 7.98. The summed E-state index contributed by atoms with van der Waals surface area (Å²) in [6.45, 7) is 5.00. The minimum absolute atomic E-state index is 0.000417. The van der Waals surface area contributed by atoms with E-state index >= 15 is 0 Å². The molecular formula is C17H25FN2O3. The Morgan fingerprint density at radius 3 is 2.83 bits per heavy atom. The van der Waals surface area contributed by atoms with Gasteiger partial charge in [-0.3, -0.25) is 9.69 Å². The molecule has 5 nitrogen and oxygen atoms in total. The van der Waals surface area contributed by atoms with Crippen molar-refractivity contribution in [2.45, 2.75) is 25.4 Å². The summed E-state index contributed by atoms with van der Waals surface area (Å²) in [6, 6.07) is 5.75. The molecule has 0 aromatic heterocycles. The summed E-state index contributed by atoms with van der Waals surface area (Å²) in [5.41, 5.74) is 0.670. The number of rotatable bonds is 7. The van der Waals surface area contributed by atoms with E-state index in [4.69, 9.17) is 9.47 Å². The van der Waals surface area contributed by atoms with Crippen LogP contribution >= 0.6 is 0 Å².